The summed E-state index contributed by atoms with van der Waals surface area (Å²) in [6.07, 6.45) is -1.63. The van der Waals surface area contributed by atoms with Crippen LogP contribution in [0.4, 0.5) is 13.6 Å². The smallest absolute Gasteiger partial charge is 0.416 e. The third kappa shape index (κ3) is 4.97. The third-order valence-electron chi connectivity index (χ3n) is 2.96. The van der Waals surface area contributed by atoms with Crippen LogP contribution in [0.2, 0.25) is 0 Å². The molecule has 0 spiro atoms. The Bertz CT molecular complexity index is 611. The molecule has 1 amide bonds. The highest BCUT2D eigenvalue weighted by atomic mass is 19.3. The lowest BCUT2D eigenvalue weighted by molar-refractivity contribution is -0.138. The van der Waals surface area contributed by atoms with Crippen molar-refractivity contribution in [2.45, 2.75) is 39.2 Å². The zero-order valence-corrected chi connectivity index (χ0v) is 14.4. The standard InChI is InChI=1S/C15H21F2N3O5/c1-5-24-12(22)9(10(18)15(16,17)8-21)11-19-6-7-20(11)13(23)25-14(2,3)4/h8,18-19H,5-7H2,1-4H3/b11-9-,18-10?. The van der Waals surface area contributed by atoms with Crippen LogP contribution in [0.5, 0.6) is 0 Å². The molecule has 1 aliphatic rings. The number of carbonyl (C=O) groups excluding carboxylic acids is 3. The van der Waals surface area contributed by atoms with E-state index >= 15 is 0 Å². The first-order valence-electron chi connectivity index (χ1n) is 7.54. The van der Waals surface area contributed by atoms with E-state index in [2.05, 4.69) is 5.32 Å². The van der Waals surface area contributed by atoms with Gasteiger partial charge in [-0.05, 0) is 27.7 Å². The van der Waals surface area contributed by atoms with Gasteiger partial charge in [-0.3, -0.25) is 15.1 Å². The second kappa shape index (κ2) is 7.58. The summed E-state index contributed by atoms with van der Waals surface area (Å²) >= 11 is 0. The van der Waals surface area contributed by atoms with Gasteiger partial charge in [0.15, 0.2) is 6.29 Å². The van der Waals surface area contributed by atoms with E-state index in [0.717, 1.165) is 4.90 Å². The topological polar surface area (TPSA) is 109 Å². The Kier molecular flexibility index (Phi) is 6.22. The number of rotatable bonds is 5. The predicted octanol–water partition coefficient (Wildman–Crippen LogP) is 1.46. The fraction of sp³-hybridized carbons (Fsp3) is 0.600. The Hall–Kier alpha value is -2.52. The van der Waals surface area contributed by atoms with E-state index in [4.69, 9.17) is 14.9 Å². The van der Waals surface area contributed by atoms with Crippen LogP contribution in [0.25, 0.3) is 0 Å². The van der Waals surface area contributed by atoms with E-state index in [1.54, 1.807) is 20.8 Å². The number of nitrogens with one attached hydrogen (secondary N) is 2. The number of amides is 1. The van der Waals surface area contributed by atoms with Gasteiger partial charge >= 0.3 is 18.0 Å². The highest BCUT2D eigenvalue weighted by Gasteiger charge is 2.43. The van der Waals surface area contributed by atoms with Gasteiger partial charge in [-0.25, -0.2) is 9.59 Å². The molecule has 0 unspecified atom stereocenters. The van der Waals surface area contributed by atoms with Gasteiger partial charge in [0.2, 0.25) is 0 Å². The number of nitrogens with zero attached hydrogens (tertiary/aromatic N) is 1. The van der Waals surface area contributed by atoms with Crippen molar-refractivity contribution in [1.29, 1.82) is 5.41 Å². The monoisotopic (exact) mass is 361 g/mol. The number of hydrogen-bond acceptors (Lipinski definition) is 7. The van der Waals surface area contributed by atoms with Crippen LogP contribution >= 0.6 is 0 Å². The quantitative estimate of drug-likeness (QED) is 0.332. The van der Waals surface area contributed by atoms with Crippen LogP contribution in [0.3, 0.4) is 0 Å². The largest absolute Gasteiger partial charge is 0.462 e. The first-order valence-corrected chi connectivity index (χ1v) is 7.54. The van der Waals surface area contributed by atoms with Gasteiger partial charge in [0.05, 0.1) is 6.61 Å². The average molecular weight is 361 g/mol. The number of aldehydes is 1. The molecule has 0 saturated carbocycles. The van der Waals surface area contributed by atoms with E-state index in [0.29, 0.717) is 0 Å². The van der Waals surface area contributed by atoms with E-state index in [1.165, 1.54) is 6.92 Å². The summed E-state index contributed by atoms with van der Waals surface area (Å²) in [7, 11) is 0. The molecule has 0 atom stereocenters. The van der Waals surface area contributed by atoms with Crippen molar-refractivity contribution in [3.63, 3.8) is 0 Å². The maximum absolute atomic E-state index is 13.7. The SMILES string of the molecule is CCOC(=O)/C(C(=N)C(F)(F)C=O)=C1/NCCN1C(=O)OC(C)(C)C. The Morgan fingerprint density at radius 3 is 2.44 bits per heavy atom. The highest BCUT2D eigenvalue weighted by Crippen LogP contribution is 2.24. The Balaban J connectivity index is 3.37. The fourth-order valence-electron chi connectivity index (χ4n) is 1.96. The van der Waals surface area contributed by atoms with Crippen LogP contribution in [0.1, 0.15) is 27.7 Å². The van der Waals surface area contributed by atoms with Crippen molar-refractivity contribution in [2.75, 3.05) is 19.7 Å². The van der Waals surface area contributed by atoms with Crippen molar-refractivity contribution < 1.29 is 32.6 Å². The van der Waals surface area contributed by atoms with Gasteiger partial charge in [0.1, 0.15) is 22.7 Å². The van der Waals surface area contributed by atoms with Crippen molar-refractivity contribution in [1.82, 2.24) is 10.2 Å². The van der Waals surface area contributed by atoms with E-state index in [1.807, 2.05) is 0 Å². The molecule has 8 nitrogen and oxygen atoms in total. The van der Waals surface area contributed by atoms with Gasteiger partial charge in [-0.15, -0.1) is 0 Å². The molecular formula is C15H21F2N3O5. The van der Waals surface area contributed by atoms with E-state index in [-0.39, 0.29) is 25.5 Å². The molecular weight excluding hydrogens is 340 g/mol. The molecule has 0 radical (unpaired) electrons. The highest BCUT2D eigenvalue weighted by molar-refractivity contribution is 6.25. The first-order chi connectivity index (χ1) is 11.4. The van der Waals surface area contributed by atoms with E-state index < -0.39 is 41.2 Å². The summed E-state index contributed by atoms with van der Waals surface area (Å²) in [6, 6.07) is 0. The average Bonchev–Trinajstić information content (AvgIpc) is 2.95. The summed E-state index contributed by atoms with van der Waals surface area (Å²) in [5.74, 6) is -5.80. The second-order valence-electron chi connectivity index (χ2n) is 6.12. The molecule has 25 heavy (non-hydrogen) atoms. The van der Waals surface area contributed by atoms with Crippen molar-refractivity contribution in [2.24, 2.45) is 0 Å². The molecule has 10 heteroatoms. The lowest BCUT2D eigenvalue weighted by atomic mass is 10.1. The number of esters is 1. The third-order valence-corrected chi connectivity index (χ3v) is 2.96. The number of ether oxygens (including phenoxy) is 2. The first kappa shape index (κ1) is 20.5. The molecule has 1 aliphatic heterocycles. The summed E-state index contributed by atoms with van der Waals surface area (Å²) < 4.78 is 37.2. The van der Waals surface area contributed by atoms with Crippen LogP contribution < -0.4 is 5.32 Å². The molecule has 2 N–H and O–H groups in total. The van der Waals surface area contributed by atoms with Gasteiger partial charge in [-0.1, -0.05) is 0 Å². The molecule has 0 aliphatic carbocycles. The molecule has 1 rings (SSSR count). The lowest BCUT2D eigenvalue weighted by Gasteiger charge is -2.26. The summed E-state index contributed by atoms with van der Waals surface area (Å²) in [5.41, 5.74) is -3.30. The van der Waals surface area contributed by atoms with Crippen LogP contribution in [-0.2, 0) is 19.1 Å². The maximum Gasteiger partial charge on any atom is 0.416 e. The maximum atomic E-state index is 13.7. The number of halogens is 2. The van der Waals surface area contributed by atoms with Gasteiger partial charge in [0, 0.05) is 13.1 Å². The number of carbonyl (C=O) groups is 3. The lowest BCUT2D eigenvalue weighted by Crippen LogP contribution is -2.40. The van der Waals surface area contributed by atoms with Crippen molar-refractivity contribution in [3.8, 4) is 0 Å². The van der Waals surface area contributed by atoms with Crippen LogP contribution in [-0.4, -0.2) is 60.2 Å². The molecule has 1 heterocycles. The molecule has 0 aromatic carbocycles. The van der Waals surface area contributed by atoms with Gasteiger partial charge in [0.25, 0.3) is 0 Å². The molecule has 140 valence electrons. The predicted molar refractivity (Wildman–Crippen MR) is 83.3 cm³/mol. The molecule has 1 fully saturated rings. The molecule has 0 aromatic heterocycles. The zero-order valence-electron chi connectivity index (χ0n) is 14.4. The molecule has 0 bridgehead atoms. The molecule has 0 aromatic rings. The van der Waals surface area contributed by atoms with Gasteiger partial charge < -0.3 is 14.8 Å². The van der Waals surface area contributed by atoms with Crippen molar-refractivity contribution >= 4 is 24.1 Å². The van der Waals surface area contributed by atoms with Gasteiger partial charge in [-0.2, -0.15) is 8.78 Å². The Morgan fingerprint density at radius 2 is 1.96 bits per heavy atom. The number of hydrogen-bond donors (Lipinski definition) is 2. The fourth-order valence-corrected chi connectivity index (χ4v) is 1.96. The minimum absolute atomic E-state index is 0.0348. The van der Waals surface area contributed by atoms with Crippen molar-refractivity contribution in [3.05, 3.63) is 11.4 Å². The Labute approximate surface area is 143 Å². The summed E-state index contributed by atoms with van der Waals surface area (Å²) in [5, 5.41) is 10.2. The molecule has 1 saturated heterocycles. The summed E-state index contributed by atoms with van der Waals surface area (Å²) in [6.45, 7) is 6.35. The minimum atomic E-state index is -4.21. The summed E-state index contributed by atoms with van der Waals surface area (Å²) in [4.78, 5) is 35.8. The van der Waals surface area contributed by atoms with E-state index in [9.17, 15) is 23.2 Å². The number of alkyl halides is 2. The second-order valence-corrected chi connectivity index (χ2v) is 6.12. The van der Waals surface area contributed by atoms with Crippen LogP contribution in [0, 0.1) is 5.41 Å². The minimum Gasteiger partial charge on any atom is -0.462 e. The van der Waals surface area contributed by atoms with Crippen LogP contribution in [0.15, 0.2) is 11.4 Å². The zero-order chi connectivity index (χ0) is 19.4. The Morgan fingerprint density at radius 1 is 1.36 bits per heavy atom. The normalized spacial score (nSPS) is 16.8.